The molecule has 0 radical (unpaired) electrons. The second kappa shape index (κ2) is 6.34. The van der Waals surface area contributed by atoms with Crippen molar-refractivity contribution in [1.29, 1.82) is 0 Å². The molecule has 0 amide bonds. The van der Waals surface area contributed by atoms with E-state index < -0.39 is 24.5 Å². The Morgan fingerprint density at radius 2 is 2.09 bits per heavy atom. The minimum atomic E-state index is -1.07. The van der Waals surface area contributed by atoms with Gasteiger partial charge in [-0.15, -0.1) is 0 Å². The summed E-state index contributed by atoms with van der Waals surface area (Å²) >= 11 is 1.57. The second-order valence-corrected chi connectivity index (χ2v) is 6.14. The fourth-order valence-electron chi connectivity index (χ4n) is 2.44. The Morgan fingerprint density at radius 3 is 2.86 bits per heavy atom. The van der Waals surface area contributed by atoms with Crippen molar-refractivity contribution in [2.24, 2.45) is 5.73 Å². The van der Waals surface area contributed by atoms with Gasteiger partial charge in [0.2, 0.25) is 0 Å². The van der Waals surface area contributed by atoms with Crippen LogP contribution in [0, 0.1) is 0 Å². The summed E-state index contributed by atoms with van der Waals surface area (Å²) in [5, 5.41) is 20.4. The number of nitrogen functional groups attached to an aromatic ring is 1. The van der Waals surface area contributed by atoms with E-state index in [-0.39, 0.29) is 5.82 Å². The first-order valence-corrected chi connectivity index (χ1v) is 8.01. The predicted molar refractivity (Wildman–Crippen MR) is 82.0 cm³/mol. The van der Waals surface area contributed by atoms with Gasteiger partial charge in [-0.2, -0.15) is 11.8 Å². The number of hydrogen-bond donors (Lipinski definition) is 4. The van der Waals surface area contributed by atoms with Crippen LogP contribution in [0.2, 0.25) is 0 Å². The van der Waals surface area contributed by atoms with Crippen LogP contribution in [0.4, 0.5) is 5.82 Å². The van der Waals surface area contributed by atoms with Crippen LogP contribution in [0.25, 0.3) is 11.2 Å². The van der Waals surface area contributed by atoms with E-state index in [9.17, 15) is 10.2 Å². The Kier molecular flexibility index (Phi) is 4.45. The Labute approximate surface area is 130 Å². The maximum absolute atomic E-state index is 10.3. The van der Waals surface area contributed by atoms with Gasteiger partial charge in [-0.25, -0.2) is 15.0 Å². The van der Waals surface area contributed by atoms with Crippen LogP contribution in [0.5, 0.6) is 0 Å². The maximum Gasteiger partial charge on any atom is 0.167 e. The summed E-state index contributed by atoms with van der Waals surface area (Å²) in [7, 11) is 0. The normalized spacial score (nSPS) is 28.5. The lowest BCUT2D eigenvalue weighted by Crippen LogP contribution is -2.32. The van der Waals surface area contributed by atoms with Gasteiger partial charge < -0.3 is 26.4 Å². The lowest BCUT2D eigenvalue weighted by atomic mass is 10.1. The largest absolute Gasteiger partial charge is 0.387 e. The van der Waals surface area contributed by atoms with Gasteiger partial charge in [0.25, 0.3) is 0 Å². The van der Waals surface area contributed by atoms with Crippen LogP contribution in [-0.4, -0.2) is 66.1 Å². The van der Waals surface area contributed by atoms with E-state index in [1.807, 2.05) is 0 Å². The molecular formula is C12H18N6O3S. The Morgan fingerprint density at radius 1 is 1.27 bits per heavy atom. The zero-order chi connectivity index (χ0) is 15.7. The van der Waals surface area contributed by atoms with Gasteiger partial charge in [0.05, 0.1) is 12.4 Å². The highest BCUT2D eigenvalue weighted by molar-refractivity contribution is 7.99. The molecule has 1 unspecified atom stereocenters. The number of hydrogen-bond acceptors (Lipinski definition) is 9. The van der Waals surface area contributed by atoms with Crippen LogP contribution >= 0.6 is 11.8 Å². The zero-order valence-electron chi connectivity index (χ0n) is 11.7. The summed E-state index contributed by atoms with van der Waals surface area (Å²) in [5.74, 6) is 1.58. The SMILES string of the molecule is NCCSC[C@@H]1OC(n2cnc3c(N)ncnc32)[C@@H](O)[C@H]1O. The van der Waals surface area contributed by atoms with Gasteiger partial charge in [0, 0.05) is 18.1 Å². The van der Waals surface area contributed by atoms with Crippen molar-refractivity contribution >= 4 is 28.7 Å². The van der Waals surface area contributed by atoms with Gasteiger partial charge in [0.15, 0.2) is 17.7 Å². The molecule has 120 valence electrons. The number of nitrogens with zero attached hydrogens (tertiary/aromatic N) is 4. The van der Waals surface area contributed by atoms with E-state index >= 15 is 0 Å². The molecule has 6 N–H and O–H groups in total. The number of imidazole rings is 1. The standard InChI is InChI=1S/C12H18N6O3S/c13-1-2-22-3-6-8(19)9(20)12(21-6)18-5-17-7-10(14)15-4-16-11(7)18/h4-6,8-9,12,19-20H,1-3,13H2,(H2,14,15,16)/t6-,8-,9-,12?/m0/s1. The highest BCUT2D eigenvalue weighted by Gasteiger charge is 2.44. The molecule has 4 atom stereocenters. The molecule has 1 aliphatic rings. The quantitative estimate of drug-likeness (QED) is 0.493. The fourth-order valence-corrected chi connectivity index (χ4v) is 3.28. The first-order chi connectivity index (χ1) is 10.6. The van der Waals surface area contributed by atoms with E-state index in [1.165, 1.54) is 12.7 Å². The Balaban J connectivity index is 1.83. The van der Waals surface area contributed by atoms with Crippen molar-refractivity contribution < 1.29 is 14.9 Å². The third kappa shape index (κ3) is 2.63. The molecular weight excluding hydrogens is 308 g/mol. The molecule has 10 heteroatoms. The minimum absolute atomic E-state index is 0.256. The molecule has 9 nitrogen and oxygen atoms in total. The molecule has 2 aromatic rings. The Hall–Kier alpha value is -1.46. The molecule has 1 aliphatic heterocycles. The third-order valence-corrected chi connectivity index (χ3v) is 4.63. The van der Waals surface area contributed by atoms with Crippen LogP contribution in [-0.2, 0) is 4.74 Å². The molecule has 3 rings (SSSR count). The van der Waals surface area contributed by atoms with E-state index in [1.54, 1.807) is 16.3 Å². The zero-order valence-corrected chi connectivity index (χ0v) is 12.6. The molecule has 3 heterocycles. The number of aliphatic hydroxyl groups is 2. The number of nitrogens with two attached hydrogens (primary N) is 2. The summed E-state index contributed by atoms with van der Waals surface area (Å²) < 4.78 is 7.35. The summed E-state index contributed by atoms with van der Waals surface area (Å²) in [6.07, 6.45) is -0.497. The van der Waals surface area contributed by atoms with E-state index in [4.69, 9.17) is 16.2 Å². The predicted octanol–water partition coefficient (Wildman–Crippen LogP) is -1.28. The van der Waals surface area contributed by atoms with E-state index in [0.29, 0.717) is 23.5 Å². The van der Waals surface area contributed by atoms with Crippen LogP contribution in [0.3, 0.4) is 0 Å². The molecule has 0 aromatic carbocycles. The number of thioether (sulfide) groups is 1. The van der Waals surface area contributed by atoms with E-state index in [2.05, 4.69) is 15.0 Å². The topological polar surface area (TPSA) is 145 Å². The molecule has 0 aliphatic carbocycles. The molecule has 22 heavy (non-hydrogen) atoms. The van der Waals surface area contributed by atoms with Crippen molar-refractivity contribution in [2.45, 2.75) is 24.5 Å². The van der Waals surface area contributed by atoms with Crippen LogP contribution < -0.4 is 11.5 Å². The summed E-state index contributed by atoms with van der Waals surface area (Å²) in [5.41, 5.74) is 12.1. The van der Waals surface area contributed by atoms with Crippen LogP contribution in [0.15, 0.2) is 12.7 Å². The van der Waals surface area contributed by atoms with Crippen LogP contribution in [0.1, 0.15) is 6.23 Å². The van der Waals surface area contributed by atoms with Gasteiger partial charge in [-0.3, -0.25) is 4.57 Å². The molecule has 1 fully saturated rings. The number of aliphatic hydroxyl groups excluding tert-OH is 2. The van der Waals surface area contributed by atoms with Gasteiger partial charge in [0.1, 0.15) is 24.1 Å². The lowest BCUT2D eigenvalue weighted by molar-refractivity contribution is -0.0289. The molecule has 1 saturated heterocycles. The summed E-state index contributed by atoms with van der Waals surface area (Å²) in [4.78, 5) is 12.1. The van der Waals surface area contributed by atoms with Gasteiger partial charge in [-0.05, 0) is 0 Å². The smallest absolute Gasteiger partial charge is 0.167 e. The molecule has 2 aromatic heterocycles. The average Bonchev–Trinajstić information content (AvgIpc) is 3.05. The van der Waals surface area contributed by atoms with Crippen molar-refractivity contribution in [3.8, 4) is 0 Å². The average molecular weight is 326 g/mol. The number of rotatable bonds is 5. The number of ether oxygens (including phenoxy) is 1. The lowest BCUT2D eigenvalue weighted by Gasteiger charge is -2.16. The highest BCUT2D eigenvalue weighted by Crippen LogP contribution is 2.33. The number of fused-ring (bicyclic) bond motifs is 1. The van der Waals surface area contributed by atoms with Crippen molar-refractivity contribution in [2.75, 3.05) is 23.8 Å². The molecule has 0 spiro atoms. The summed E-state index contributed by atoms with van der Waals surface area (Å²) in [6.45, 7) is 0.557. The van der Waals surface area contributed by atoms with E-state index in [0.717, 1.165) is 5.75 Å². The molecule has 0 bridgehead atoms. The fraction of sp³-hybridized carbons (Fsp3) is 0.583. The Bertz CT molecular complexity index is 653. The van der Waals surface area contributed by atoms with Gasteiger partial charge >= 0.3 is 0 Å². The minimum Gasteiger partial charge on any atom is -0.387 e. The van der Waals surface area contributed by atoms with Crippen molar-refractivity contribution in [3.05, 3.63) is 12.7 Å². The molecule has 0 saturated carbocycles. The highest BCUT2D eigenvalue weighted by atomic mass is 32.2. The van der Waals surface area contributed by atoms with Crippen molar-refractivity contribution in [1.82, 2.24) is 19.5 Å². The monoisotopic (exact) mass is 326 g/mol. The first kappa shape index (κ1) is 15.4. The first-order valence-electron chi connectivity index (χ1n) is 6.86. The summed E-state index contributed by atoms with van der Waals surface area (Å²) in [6, 6.07) is 0. The van der Waals surface area contributed by atoms with Crippen molar-refractivity contribution in [3.63, 3.8) is 0 Å². The van der Waals surface area contributed by atoms with Gasteiger partial charge in [-0.1, -0.05) is 0 Å². The third-order valence-electron chi connectivity index (χ3n) is 3.54. The number of aromatic nitrogens is 4. The number of anilines is 1. The second-order valence-electron chi connectivity index (χ2n) is 4.99. The maximum atomic E-state index is 10.3.